The number of nitrogens with zero attached hydrogens (tertiary/aromatic N) is 2. The van der Waals surface area contributed by atoms with Crippen LogP contribution in [0.2, 0.25) is 0 Å². The molecule has 1 atom stereocenters. The van der Waals surface area contributed by atoms with Gasteiger partial charge in [0.15, 0.2) is 0 Å². The molecule has 2 aromatic rings. The van der Waals surface area contributed by atoms with E-state index in [9.17, 15) is 9.59 Å². The maximum absolute atomic E-state index is 12.7. The zero-order valence-corrected chi connectivity index (χ0v) is 14.2. The van der Waals surface area contributed by atoms with Crippen molar-refractivity contribution in [3.05, 3.63) is 36.0 Å². The van der Waals surface area contributed by atoms with E-state index in [1.807, 2.05) is 44.3 Å². The molecule has 1 fully saturated rings. The molecule has 3 rings (SSSR count). The zero-order chi connectivity index (χ0) is 17.3. The van der Waals surface area contributed by atoms with Gasteiger partial charge < -0.3 is 15.6 Å². The van der Waals surface area contributed by atoms with Gasteiger partial charge in [0.2, 0.25) is 11.8 Å². The number of H-pyrrole nitrogens is 1. The van der Waals surface area contributed by atoms with E-state index in [4.69, 9.17) is 5.73 Å². The minimum atomic E-state index is -0.411. The highest BCUT2D eigenvalue weighted by Gasteiger charge is 2.34. The number of aromatic amines is 1. The fourth-order valence-electron chi connectivity index (χ4n) is 3.45. The van der Waals surface area contributed by atoms with Crippen LogP contribution in [0.3, 0.4) is 0 Å². The van der Waals surface area contributed by atoms with E-state index in [0.717, 1.165) is 16.5 Å². The Morgan fingerprint density at radius 2 is 2.04 bits per heavy atom. The molecule has 2 heterocycles. The molecule has 1 aromatic heterocycles. The van der Waals surface area contributed by atoms with Crippen LogP contribution in [0.4, 0.5) is 0 Å². The van der Waals surface area contributed by atoms with Crippen molar-refractivity contribution >= 4 is 22.7 Å². The van der Waals surface area contributed by atoms with Crippen molar-refractivity contribution in [1.29, 1.82) is 0 Å². The largest absolute Gasteiger partial charge is 0.368 e. The quantitative estimate of drug-likeness (QED) is 0.882. The number of primary amides is 1. The molecule has 128 valence electrons. The number of fused-ring (bicyclic) bond motifs is 1. The van der Waals surface area contributed by atoms with E-state index < -0.39 is 6.04 Å². The molecule has 0 saturated carbocycles. The van der Waals surface area contributed by atoms with Gasteiger partial charge in [-0.1, -0.05) is 18.2 Å². The standard InChI is InChI=1S/C18H24N4O2/c1-12(2)22-8-7-21(11-16(22)18(19)24)17(23)9-13-10-20-15-6-4-3-5-14(13)15/h3-6,10,12,16,20H,7-9,11H2,1-2H3,(H2,19,24)/t16-/m0/s1. The minimum absolute atomic E-state index is 0.0365. The van der Waals surface area contributed by atoms with Crippen molar-refractivity contribution in [3.8, 4) is 0 Å². The Labute approximate surface area is 141 Å². The molecule has 1 saturated heterocycles. The van der Waals surface area contributed by atoms with E-state index >= 15 is 0 Å². The lowest BCUT2D eigenvalue weighted by molar-refractivity contribution is -0.137. The van der Waals surface area contributed by atoms with Gasteiger partial charge in [0.25, 0.3) is 0 Å². The molecule has 24 heavy (non-hydrogen) atoms. The average Bonchev–Trinajstić information content (AvgIpc) is 2.97. The first-order valence-electron chi connectivity index (χ1n) is 8.35. The zero-order valence-electron chi connectivity index (χ0n) is 14.2. The van der Waals surface area contributed by atoms with Gasteiger partial charge in [-0.2, -0.15) is 0 Å². The predicted molar refractivity (Wildman–Crippen MR) is 93.4 cm³/mol. The van der Waals surface area contributed by atoms with Crippen LogP contribution in [0, 0.1) is 0 Å². The highest BCUT2D eigenvalue weighted by Crippen LogP contribution is 2.20. The molecule has 6 nitrogen and oxygen atoms in total. The van der Waals surface area contributed by atoms with Crippen LogP contribution in [-0.4, -0.2) is 58.3 Å². The van der Waals surface area contributed by atoms with Crippen LogP contribution in [0.25, 0.3) is 10.9 Å². The molecular formula is C18H24N4O2. The Kier molecular flexibility index (Phi) is 4.57. The van der Waals surface area contributed by atoms with Crippen LogP contribution >= 0.6 is 0 Å². The molecule has 1 aliphatic heterocycles. The average molecular weight is 328 g/mol. The van der Waals surface area contributed by atoms with E-state index in [1.54, 1.807) is 4.90 Å². The van der Waals surface area contributed by atoms with Gasteiger partial charge >= 0.3 is 0 Å². The highest BCUT2D eigenvalue weighted by atomic mass is 16.2. The van der Waals surface area contributed by atoms with Gasteiger partial charge in [-0.05, 0) is 25.5 Å². The second-order valence-corrected chi connectivity index (χ2v) is 6.63. The smallest absolute Gasteiger partial charge is 0.236 e. The number of benzene rings is 1. The summed E-state index contributed by atoms with van der Waals surface area (Å²) in [4.78, 5) is 31.5. The number of carbonyl (C=O) groups is 2. The van der Waals surface area contributed by atoms with E-state index in [1.165, 1.54) is 0 Å². The lowest BCUT2D eigenvalue weighted by Gasteiger charge is -2.42. The maximum atomic E-state index is 12.7. The van der Waals surface area contributed by atoms with Gasteiger partial charge in [-0.3, -0.25) is 14.5 Å². The van der Waals surface area contributed by atoms with Crippen LogP contribution in [-0.2, 0) is 16.0 Å². The molecule has 2 amide bonds. The number of hydrogen-bond donors (Lipinski definition) is 2. The minimum Gasteiger partial charge on any atom is -0.368 e. The first-order valence-corrected chi connectivity index (χ1v) is 8.35. The molecule has 0 bridgehead atoms. The maximum Gasteiger partial charge on any atom is 0.236 e. The number of piperazine rings is 1. The first kappa shape index (κ1) is 16.5. The van der Waals surface area contributed by atoms with Crippen molar-refractivity contribution < 1.29 is 9.59 Å². The molecule has 1 aromatic carbocycles. The van der Waals surface area contributed by atoms with Crippen molar-refractivity contribution in [2.45, 2.75) is 32.4 Å². The van der Waals surface area contributed by atoms with E-state index in [0.29, 0.717) is 26.1 Å². The second-order valence-electron chi connectivity index (χ2n) is 6.63. The Hall–Kier alpha value is -2.34. The number of nitrogens with two attached hydrogens (primary N) is 1. The van der Waals surface area contributed by atoms with Gasteiger partial charge in [0, 0.05) is 42.8 Å². The SMILES string of the molecule is CC(C)N1CCN(C(=O)Cc2c[nH]c3ccccc23)C[C@H]1C(N)=O. The second kappa shape index (κ2) is 6.65. The fraction of sp³-hybridized carbons (Fsp3) is 0.444. The van der Waals surface area contributed by atoms with Gasteiger partial charge in [0.05, 0.1) is 6.42 Å². The molecule has 0 aliphatic carbocycles. The lowest BCUT2D eigenvalue weighted by Crippen LogP contribution is -2.61. The Balaban J connectivity index is 1.72. The molecule has 0 spiro atoms. The van der Waals surface area contributed by atoms with Crippen molar-refractivity contribution in [3.63, 3.8) is 0 Å². The Morgan fingerprint density at radius 1 is 1.29 bits per heavy atom. The number of carbonyl (C=O) groups excluding carboxylic acids is 2. The highest BCUT2D eigenvalue weighted by molar-refractivity contribution is 5.89. The summed E-state index contributed by atoms with van der Waals surface area (Å²) in [5.74, 6) is -0.331. The first-order chi connectivity index (χ1) is 11.5. The van der Waals surface area contributed by atoms with Gasteiger partial charge in [0.1, 0.15) is 6.04 Å². The summed E-state index contributed by atoms with van der Waals surface area (Å²) in [6.45, 7) is 5.75. The number of para-hydroxylation sites is 1. The fourth-order valence-corrected chi connectivity index (χ4v) is 3.45. The number of rotatable bonds is 4. The Morgan fingerprint density at radius 3 is 2.75 bits per heavy atom. The summed E-state index contributed by atoms with van der Waals surface area (Å²) < 4.78 is 0. The topological polar surface area (TPSA) is 82.4 Å². The summed E-state index contributed by atoms with van der Waals surface area (Å²) in [7, 11) is 0. The summed E-state index contributed by atoms with van der Waals surface area (Å²) in [5.41, 5.74) is 7.56. The summed E-state index contributed by atoms with van der Waals surface area (Å²) in [6, 6.07) is 7.76. The monoisotopic (exact) mass is 328 g/mol. The predicted octanol–water partition coefficient (Wildman–Crippen LogP) is 1.12. The van der Waals surface area contributed by atoms with E-state index in [-0.39, 0.29) is 17.9 Å². The molecule has 6 heteroatoms. The van der Waals surface area contributed by atoms with Crippen molar-refractivity contribution in [1.82, 2.24) is 14.8 Å². The Bertz CT molecular complexity index is 752. The number of amides is 2. The normalized spacial score (nSPS) is 19.1. The molecule has 0 radical (unpaired) electrons. The number of aromatic nitrogens is 1. The van der Waals surface area contributed by atoms with Crippen molar-refractivity contribution in [2.24, 2.45) is 5.73 Å². The molecule has 3 N–H and O–H groups in total. The number of hydrogen-bond acceptors (Lipinski definition) is 3. The van der Waals surface area contributed by atoms with E-state index in [2.05, 4.69) is 9.88 Å². The van der Waals surface area contributed by atoms with Gasteiger partial charge in [-0.15, -0.1) is 0 Å². The van der Waals surface area contributed by atoms with Crippen LogP contribution < -0.4 is 5.73 Å². The summed E-state index contributed by atoms with van der Waals surface area (Å²) in [5, 5.41) is 1.07. The van der Waals surface area contributed by atoms with Crippen LogP contribution in [0.5, 0.6) is 0 Å². The summed E-state index contributed by atoms with van der Waals surface area (Å²) >= 11 is 0. The van der Waals surface area contributed by atoms with Crippen LogP contribution in [0.15, 0.2) is 30.5 Å². The molecule has 0 unspecified atom stereocenters. The molecular weight excluding hydrogens is 304 g/mol. The number of nitrogens with one attached hydrogen (secondary N) is 1. The third-order valence-corrected chi connectivity index (χ3v) is 4.78. The third-order valence-electron chi connectivity index (χ3n) is 4.78. The molecule has 1 aliphatic rings. The van der Waals surface area contributed by atoms with Crippen LogP contribution in [0.1, 0.15) is 19.4 Å². The summed E-state index contributed by atoms with van der Waals surface area (Å²) in [6.07, 6.45) is 2.22. The van der Waals surface area contributed by atoms with Gasteiger partial charge in [-0.25, -0.2) is 0 Å². The van der Waals surface area contributed by atoms with Crippen molar-refractivity contribution in [2.75, 3.05) is 19.6 Å². The lowest BCUT2D eigenvalue weighted by atomic mass is 10.1. The third kappa shape index (κ3) is 3.14.